The average Bonchev–Trinajstić information content (AvgIpc) is 2.23. The smallest absolute Gasteiger partial charge is 0.335 e. The number of nitrogens with two attached hydrogens (primary N) is 1. The van der Waals surface area contributed by atoms with Crippen LogP contribution in [0.25, 0.3) is 65.7 Å². The summed E-state index contributed by atoms with van der Waals surface area (Å²) in [6.07, 6.45) is 14.5. The summed E-state index contributed by atoms with van der Waals surface area (Å²) in [6, 6.07) is 59.7. The molecule has 13 rings (SSSR count). The molecule has 15 heteroatoms. The highest BCUT2D eigenvalue weighted by Gasteiger charge is 2.28. The molecule has 0 radical (unpaired) electrons. The Kier molecular flexibility index (Phi) is 20.2. The summed E-state index contributed by atoms with van der Waals surface area (Å²) >= 11 is 0. The number of aromatic nitrogens is 3. The fraction of sp³-hybridized carbons (Fsp3) is 0.218. The summed E-state index contributed by atoms with van der Waals surface area (Å²) in [5.74, 6) is 1.01. The van der Waals surface area contributed by atoms with Crippen molar-refractivity contribution in [1.82, 2.24) is 24.8 Å². The molecule has 2 saturated heterocycles. The van der Waals surface area contributed by atoms with E-state index in [1.807, 2.05) is 201 Å². The van der Waals surface area contributed by atoms with E-state index in [2.05, 4.69) is 15.0 Å². The van der Waals surface area contributed by atoms with E-state index in [0.717, 1.165) is 114 Å². The predicted molar refractivity (Wildman–Crippen MR) is 364 cm³/mol. The third-order valence-corrected chi connectivity index (χ3v) is 16.6. The number of pyridine rings is 3. The molecular formula is C78H74N6O9. The first-order valence-electron chi connectivity index (χ1n) is 31.3. The molecule has 2 aliphatic rings. The summed E-state index contributed by atoms with van der Waals surface area (Å²) in [4.78, 5) is 66.7. The second-order valence-electron chi connectivity index (χ2n) is 24.5. The first-order chi connectivity index (χ1) is 45.1. The SMILES string of the molecule is CC(C)(C)OC(=O)CC1CCN(C(=O)c2ccc3cncc(-c4ccc(OCc5ccccc5)cc4)c3c2)CC1.NC1CCN(C(=O)c2ccc3cncc(-c4ccc(O)cc4)c3c2)CC1.O=C(O)c1ccc2cncc(-c3ccc(OCc4ccccc4)cc3)c2c1. The van der Waals surface area contributed by atoms with Gasteiger partial charge >= 0.3 is 11.9 Å². The maximum absolute atomic E-state index is 13.4. The number of hydrogen-bond donors (Lipinski definition) is 3. The van der Waals surface area contributed by atoms with Gasteiger partial charge in [-0.1, -0.05) is 115 Å². The number of likely N-dealkylation sites (tertiary alicyclic amines) is 2. The monoisotopic (exact) mass is 1240 g/mol. The molecule has 0 spiro atoms. The van der Waals surface area contributed by atoms with Crippen molar-refractivity contribution in [1.29, 1.82) is 0 Å². The number of phenolic OH excluding ortho intramolecular Hbond substituents is 1. The van der Waals surface area contributed by atoms with Crippen LogP contribution in [0.15, 0.2) is 225 Å². The highest BCUT2D eigenvalue weighted by Crippen LogP contribution is 2.34. The zero-order valence-electron chi connectivity index (χ0n) is 52.4. The van der Waals surface area contributed by atoms with Crippen molar-refractivity contribution < 1.29 is 43.6 Å². The van der Waals surface area contributed by atoms with Gasteiger partial charge in [0.1, 0.15) is 36.1 Å². The normalized spacial score (nSPS) is 13.5. The van der Waals surface area contributed by atoms with Gasteiger partial charge in [0.25, 0.3) is 11.8 Å². The maximum atomic E-state index is 13.4. The summed E-state index contributed by atoms with van der Waals surface area (Å²) in [7, 11) is 0. The number of phenols is 1. The molecule has 0 bridgehead atoms. The Hall–Kier alpha value is -10.8. The number of aromatic hydroxyl groups is 1. The zero-order chi connectivity index (χ0) is 64.8. The molecule has 2 amide bonds. The second kappa shape index (κ2) is 29.5. The van der Waals surface area contributed by atoms with E-state index in [9.17, 15) is 29.4 Å². The van der Waals surface area contributed by atoms with Gasteiger partial charge in [-0.2, -0.15) is 0 Å². The summed E-state index contributed by atoms with van der Waals surface area (Å²) < 4.78 is 17.3. The van der Waals surface area contributed by atoms with Gasteiger partial charge in [-0.3, -0.25) is 29.3 Å². The average molecular weight is 1240 g/mol. The van der Waals surface area contributed by atoms with Gasteiger partial charge in [0.15, 0.2) is 0 Å². The molecule has 11 aromatic rings. The number of fused-ring (bicyclic) bond motifs is 3. The van der Waals surface area contributed by atoms with E-state index in [0.29, 0.717) is 56.9 Å². The lowest BCUT2D eigenvalue weighted by molar-refractivity contribution is -0.156. The lowest BCUT2D eigenvalue weighted by Crippen LogP contribution is -2.42. The summed E-state index contributed by atoms with van der Waals surface area (Å²) in [6.45, 7) is 9.36. The molecule has 2 aliphatic heterocycles. The number of piperidine rings is 2. The molecule has 0 unspecified atom stereocenters. The van der Waals surface area contributed by atoms with Crippen molar-refractivity contribution in [3.8, 4) is 50.6 Å². The van der Waals surface area contributed by atoms with Crippen LogP contribution < -0.4 is 15.2 Å². The van der Waals surface area contributed by atoms with Crippen molar-refractivity contribution in [2.24, 2.45) is 11.7 Å². The van der Waals surface area contributed by atoms with Crippen LogP contribution in [0.3, 0.4) is 0 Å². The highest BCUT2D eigenvalue weighted by molar-refractivity contribution is 6.05. The van der Waals surface area contributed by atoms with Crippen molar-refractivity contribution in [3.05, 3.63) is 253 Å². The number of carboxylic acids is 1. The van der Waals surface area contributed by atoms with E-state index >= 15 is 0 Å². The second-order valence-corrected chi connectivity index (χ2v) is 24.5. The van der Waals surface area contributed by atoms with Gasteiger partial charge in [0, 0.05) is 120 Å². The molecule has 2 fully saturated rings. The predicted octanol–water partition coefficient (Wildman–Crippen LogP) is 15.4. The number of carbonyl (C=O) groups is 4. The number of carbonyl (C=O) groups excluding carboxylic acids is 3. The number of benzene rings is 8. The van der Waals surface area contributed by atoms with Gasteiger partial charge in [0.2, 0.25) is 0 Å². The number of ether oxygens (including phenoxy) is 3. The maximum Gasteiger partial charge on any atom is 0.335 e. The van der Waals surface area contributed by atoms with Gasteiger partial charge in [-0.15, -0.1) is 0 Å². The molecule has 0 aliphatic carbocycles. The molecule has 3 aromatic heterocycles. The first kappa shape index (κ1) is 63.8. The number of carboxylic acid groups (broad SMARTS) is 1. The Balaban J connectivity index is 0.000000147. The Morgan fingerprint density at radius 2 is 0.860 bits per heavy atom. The molecule has 0 atom stereocenters. The minimum Gasteiger partial charge on any atom is -0.508 e. The number of esters is 1. The van der Waals surface area contributed by atoms with E-state index in [4.69, 9.17) is 19.9 Å². The Bertz CT molecular complexity index is 4390. The van der Waals surface area contributed by atoms with Crippen molar-refractivity contribution in [2.75, 3.05) is 26.2 Å². The molecular weight excluding hydrogens is 1160 g/mol. The third-order valence-electron chi connectivity index (χ3n) is 16.6. The highest BCUT2D eigenvalue weighted by atomic mass is 16.6. The van der Waals surface area contributed by atoms with Crippen LogP contribution in [0, 0.1) is 5.92 Å². The zero-order valence-corrected chi connectivity index (χ0v) is 52.4. The minimum atomic E-state index is -0.940. The number of hydrogen-bond acceptors (Lipinski definition) is 12. The van der Waals surface area contributed by atoms with Crippen molar-refractivity contribution in [3.63, 3.8) is 0 Å². The summed E-state index contributed by atoms with van der Waals surface area (Å²) in [5.41, 5.74) is 15.0. The van der Waals surface area contributed by atoms with Crippen LogP contribution in [-0.4, -0.2) is 96.5 Å². The number of rotatable bonds is 14. The van der Waals surface area contributed by atoms with Crippen LogP contribution in [0.1, 0.15) is 95.1 Å². The van der Waals surface area contributed by atoms with Crippen LogP contribution >= 0.6 is 0 Å². The van der Waals surface area contributed by atoms with Crippen LogP contribution in [0.4, 0.5) is 0 Å². The quantitative estimate of drug-likeness (QED) is 0.0867. The van der Waals surface area contributed by atoms with Gasteiger partial charge in [0.05, 0.1) is 5.56 Å². The van der Waals surface area contributed by atoms with Crippen molar-refractivity contribution >= 4 is 56.1 Å². The van der Waals surface area contributed by atoms with E-state index in [-0.39, 0.29) is 41.1 Å². The molecule has 470 valence electrons. The third kappa shape index (κ3) is 16.6. The lowest BCUT2D eigenvalue weighted by atomic mass is 9.93. The van der Waals surface area contributed by atoms with Crippen molar-refractivity contribution in [2.45, 2.75) is 77.7 Å². The molecule has 93 heavy (non-hydrogen) atoms. The Morgan fingerprint density at radius 3 is 1.26 bits per heavy atom. The van der Waals surface area contributed by atoms with E-state index in [1.54, 1.807) is 55.1 Å². The number of nitrogens with zero attached hydrogens (tertiary/aromatic N) is 5. The Labute approximate surface area is 541 Å². The van der Waals surface area contributed by atoms with Gasteiger partial charge < -0.3 is 40.0 Å². The topological polar surface area (TPSA) is 208 Å². The van der Waals surface area contributed by atoms with Crippen LogP contribution in [0.5, 0.6) is 17.2 Å². The molecule has 4 N–H and O–H groups in total. The standard InChI is InChI=1S/C34H36N2O4.C23H17NO3.C21H21N3O2/c1-34(2,3)40-32(37)19-24-15-17-36(18-16-24)33(38)27-9-10-28-21-35-22-31(30(28)20-27)26-11-13-29(14-12-26)39-23-25-7-5-4-6-8-25;25-23(26)18-6-7-19-13-24-14-22(21(19)12-18)17-8-10-20(11-9-17)27-15-16-4-2-1-3-5-16;22-17-7-9-24(10-8-17)21(26)15-1-2-16-12-23-13-20(19(16)11-15)14-3-5-18(25)6-4-14/h4-14,20-22,24H,15-19,23H2,1-3H3;1-14H,15H2,(H,25,26);1-6,11-13,17,25H,7-10,22H2. The molecule has 5 heterocycles. The minimum absolute atomic E-state index is 0.0186. The fourth-order valence-corrected chi connectivity index (χ4v) is 11.6. The van der Waals surface area contributed by atoms with Crippen LogP contribution in [-0.2, 0) is 22.7 Å². The van der Waals surface area contributed by atoms with Gasteiger partial charge in [-0.05, 0) is 169 Å². The largest absolute Gasteiger partial charge is 0.508 e. The molecule has 15 nitrogen and oxygen atoms in total. The number of aromatic carboxylic acids is 1. The number of amides is 2. The van der Waals surface area contributed by atoms with E-state index < -0.39 is 11.6 Å². The first-order valence-corrected chi connectivity index (χ1v) is 31.3. The molecule has 0 saturated carbocycles. The molecule has 8 aromatic carbocycles. The van der Waals surface area contributed by atoms with E-state index in [1.165, 1.54) is 0 Å². The van der Waals surface area contributed by atoms with Gasteiger partial charge in [-0.25, -0.2) is 4.79 Å². The lowest BCUT2D eigenvalue weighted by Gasteiger charge is -2.32. The van der Waals surface area contributed by atoms with Crippen LogP contribution in [0.2, 0.25) is 0 Å². The summed E-state index contributed by atoms with van der Waals surface area (Å²) in [5, 5.41) is 24.5. The fourth-order valence-electron chi connectivity index (χ4n) is 11.6. The Morgan fingerprint density at radius 1 is 0.484 bits per heavy atom.